The van der Waals surface area contributed by atoms with Crippen molar-refractivity contribution in [2.45, 2.75) is 70.1 Å². The number of carboxylic acid groups (broad SMARTS) is 1. The highest BCUT2D eigenvalue weighted by Gasteiger charge is 2.44. The SMILES string of the molecule is O=C(O)C1(CC2CCCC(F)(F)C2)CCCCC1. The Morgan fingerprint density at radius 1 is 1.11 bits per heavy atom. The summed E-state index contributed by atoms with van der Waals surface area (Å²) in [6.45, 7) is 0. The molecule has 2 fully saturated rings. The predicted octanol–water partition coefficient (Wildman–Crippen LogP) is 4.24. The fourth-order valence-corrected chi connectivity index (χ4v) is 3.74. The van der Waals surface area contributed by atoms with E-state index in [-0.39, 0.29) is 18.8 Å². The first-order chi connectivity index (χ1) is 8.44. The minimum absolute atomic E-state index is 0.0242. The van der Waals surface area contributed by atoms with Crippen LogP contribution in [-0.4, -0.2) is 17.0 Å². The van der Waals surface area contributed by atoms with Crippen molar-refractivity contribution >= 4 is 5.97 Å². The van der Waals surface area contributed by atoms with E-state index >= 15 is 0 Å². The number of halogens is 2. The maximum absolute atomic E-state index is 13.4. The Kier molecular flexibility index (Phi) is 3.93. The maximum Gasteiger partial charge on any atom is 0.309 e. The van der Waals surface area contributed by atoms with Gasteiger partial charge < -0.3 is 5.11 Å². The van der Waals surface area contributed by atoms with E-state index in [0.717, 1.165) is 25.7 Å². The molecule has 0 aromatic heterocycles. The fraction of sp³-hybridized carbons (Fsp3) is 0.929. The van der Waals surface area contributed by atoms with E-state index in [2.05, 4.69) is 0 Å². The van der Waals surface area contributed by atoms with Crippen molar-refractivity contribution in [1.29, 1.82) is 0 Å². The molecule has 0 aromatic rings. The van der Waals surface area contributed by atoms with Crippen LogP contribution in [0.4, 0.5) is 8.78 Å². The molecule has 1 unspecified atom stereocenters. The lowest BCUT2D eigenvalue weighted by atomic mass is 9.66. The second-order valence-electron chi connectivity index (χ2n) is 6.17. The molecule has 0 saturated heterocycles. The summed E-state index contributed by atoms with van der Waals surface area (Å²) in [6.07, 6.45) is 5.90. The summed E-state index contributed by atoms with van der Waals surface area (Å²) in [4.78, 5) is 11.5. The van der Waals surface area contributed by atoms with Crippen LogP contribution in [0.3, 0.4) is 0 Å². The van der Waals surface area contributed by atoms with E-state index < -0.39 is 17.3 Å². The lowest BCUT2D eigenvalue weighted by Gasteiger charge is -2.38. The summed E-state index contributed by atoms with van der Waals surface area (Å²) in [7, 11) is 0. The van der Waals surface area contributed by atoms with E-state index in [1.807, 2.05) is 0 Å². The Labute approximate surface area is 107 Å². The van der Waals surface area contributed by atoms with Crippen molar-refractivity contribution in [2.75, 3.05) is 0 Å². The number of alkyl halides is 2. The molecule has 2 saturated carbocycles. The van der Waals surface area contributed by atoms with Gasteiger partial charge in [0.2, 0.25) is 5.92 Å². The number of carboxylic acids is 1. The number of aliphatic carboxylic acids is 1. The molecule has 2 nitrogen and oxygen atoms in total. The summed E-state index contributed by atoms with van der Waals surface area (Å²) in [6, 6.07) is 0. The molecular weight excluding hydrogens is 238 g/mol. The van der Waals surface area contributed by atoms with Crippen LogP contribution in [0, 0.1) is 11.3 Å². The van der Waals surface area contributed by atoms with Crippen molar-refractivity contribution < 1.29 is 18.7 Å². The summed E-state index contributed by atoms with van der Waals surface area (Å²) in [5.41, 5.74) is -0.712. The summed E-state index contributed by atoms with van der Waals surface area (Å²) >= 11 is 0. The van der Waals surface area contributed by atoms with Gasteiger partial charge in [0.05, 0.1) is 5.41 Å². The normalized spacial score (nSPS) is 30.9. The molecule has 1 N–H and O–H groups in total. The molecular formula is C14H22F2O2. The molecule has 0 radical (unpaired) electrons. The van der Waals surface area contributed by atoms with Crippen LogP contribution in [-0.2, 0) is 4.79 Å². The van der Waals surface area contributed by atoms with Gasteiger partial charge in [-0.1, -0.05) is 19.3 Å². The quantitative estimate of drug-likeness (QED) is 0.824. The van der Waals surface area contributed by atoms with Crippen molar-refractivity contribution in [3.8, 4) is 0 Å². The van der Waals surface area contributed by atoms with Gasteiger partial charge in [-0.25, -0.2) is 8.78 Å². The molecule has 0 amide bonds. The molecule has 0 aromatic carbocycles. The van der Waals surface area contributed by atoms with Crippen molar-refractivity contribution in [1.82, 2.24) is 0 Å². The fourth-order valence-electron chi connectivity index (χ4n) is 3.74. The number of carbonyl (C=O) groups is 1. The van der Waals surface area contributed by atoms with Gasteiger partial charge in [-0.15, -0.1) is 0 Å². The third kappa shape index (κ3) is 3.01. The highest BCUT2D eigenvalue weighted by Crippen LogP contribution is 2.47. The molecule has 2 rings (SSSR count). The third-order valence-corrected chi connectivity index (χ3v) is 4.69. The molecule has 0 aliphatic heterocycles. The van der Waals surface area contributed by atoms with Gasteiger partial charge in [-0.2, -0.15) is 0 Å². The first kappa shape index (κ1) is 13.8. The molecule has 0 spiro atoms. The first-order valence-electron chi connectivity index (χ1n) is 7.05. The second-order valence-corrected chi connectivity index (χ2v) is 6.17. The van der Waals surface area contributed by atoms with Crippen LogP contribution in [0.15, 0.2) is 0 Å². The van der Waals surface area contributed by atoms with Crippen LogP contribution in [0.5, 0.6) is 0 Å². The zero-order chi connectivity index (χ0) is 13.2. The maximum atomic E-state index is 13.4. The van der Waals surface area contributed by atoms with Gasteiger partial charge in [0.1, 0.15) is 0 Å². The first-order valence-corrected chi connectivity index (χ1v) is 7.05. The van der Waals surface area contributed by atoms with Gasteiger partial charge in [-0.3, -0.25) is 4.79 Å². The van der Waals surface area contributed by atoms with Gasteiger partial charge in [-0.05, 0) is 38.0 Å². The molecule has 4 heteroatoms. The standard InChI is InChI=1S/C14H22F2O2/c15-14(16)8-4-5-11(10-14)9-13(12(17)18)6-2-1-3-7-13/h11H,1-10H2,(H,17,18). The number of rotatable bonds is 3. The van der Waals surface area contributed by atoms with Crippen molar-refractivity contribution in [3.63, 3.8) is 0 Å². The smallest absolute Gasteiger partial charge is 0.309 e. The predicted molar refractivity (Wildman–Crippen MR) is 64.7 cm³/mol. The van der Waals surface area contributed by atoms with Crippen molar-refractivity contribution in [2.24, 2.45) is 11.3 Å². The number of hydrogen-bond acceptors (Lipinski definition) is 1. The van der Waals surface area contributed by atoms with E-state index in [1.165, 1.54) is 0 Å². The third-order valence-electron chi connectivity index (χ3n) is 4.69. The molecule has 0 heterocycles. The van der Waals surface area contributed by atoms with E-state index in [0.29, 0.717) is 25.7 Å². The van der Waals surface area contributed by atoms with Crippen LogP contribution < -0.4 is 0 Å². The van der Waals surface area contributed by atoms with Crippen LogP contribution in [0.1, 0.15) is 64.2 Å². The van der Waals surface area contributed by atoms with Gasteiger partial charge in [0, 0.05) is 12.8 Å². The van der Waals surface area contributed by atoms with E-state index in [4.69, 9.17) is 0 Å². The molecule has 104 valence electrons. The van der Waals surface area contributed by atoms with Gasteiger partial charge >= 0.3 is 5.97 Å². The Hall–Kier alpha value is -0.670. The summed E-state index contributed by atoms with van der Waals surface area (Å²) < 4.78 is 26.8. The summed E-state index contributed by atoms with van der Waals surface area (Å²) in [5, 5.41) is 9.46. The van der Waals surface area contributed by atoms with Gasteiger partial charge in [0.15, 0.2) is 0 Å². The Morgan fingerprint density at radius 3 is 2.33 bits per heavy atom. The molecule has 2 aliphatic rings. The molecule has 0 bridgehead atoms. The molecule has 18 heavy (non-hydrogen) atoms. The second kappa shape index (κ2) is 5.14. The lowest BCUT2D eigenvalue weighted by Crippen LogP contribution is -2.37. The Bertz CT molecular complexity index is 309. The topological polar surface area (TPSA) is 37.3 Å². The average Bonchev–Trinajstić information content (AvgIpc) is 2.28. The minimum Gasteiger partial charge on any atom is -0.481 e. The molecule has 2 aliphatic carbocycles. The zero-order valence-corrected chi connectivity index (χ0v) is 10.8. The largest absolute Gasteiger partial charge is 0.481 e. The van der Waals surface area contributed by atoms with Crippen molar-refractivity contribution in [3.05, 3.63) is 0 Å². The van der Waals surface area contributed by atoms with Crippen LogP contribution in [0.2, 0.25) is 0 Å². The Balaban J connectivity index is 2.02. The monoisotopic (exact) mass is 260 g/mol. The lowest BCUT2D eigenvalue weighted by molar-refractivity contribution is -0.154. The Morgan fingerprint density at radius 2 is 1.78 bits per heavy atom. The minimum atomic E-state index is -2.57. The van der Waals surface area contributed by atoms with Crippen LogP contribution in [0.25, 0.3) is 0 Å². The van der Waals surface area contributed by atoms with Crippen LogP contribution >= 0.6 is 0 Å². The highest BCUT2D eigenvalue weighted by atomic mass is 19.3. The van der Waals surface area contributed by atoms with E-state index in [9.17, 15) is 18.7 Å². The highest BCUT2D eigenvalue weighted by molar-refractivity contribution is 5.74. The van der Waals surface area contributed by atoms with E-state index in [1.54, 1.807) is 0 Å². The average molecular weight is 260 g/mol. The van der Waals surface area contributed by atoms with Gasteiger partial charge in [0.25, 0.3) is 0 Å². The summed E-state index contributed by atoms with van der Waals surface area (Å²) in [5.74, 6) is -3.45. The molecule has 1 atom stereocenters. The number of hydrogen-bond donors (Lipinski definition) is 1. The zero-order valence-electron chi connectivity index (χ0n) is 10.8.